The summed E-state index contributed by atoms with van der Waals surface area (Å²) in [5.74, 6) is 2.84. The zero-order valence-corrected chi connectivity index (χ0v) is 16.2. The molecule has 0 atom stereocenters. The van der Waals surface area contributed by atoms with E-state index in [1.807, 2.05) is 17.5 Å². The molecule has 0 amide bonds. The second kappa shape index (κ2) is 7.28. The van der Waals surface area contributed by atoms with Crippen LogP contribution in [0.25, 0.3) is 21.3 Å². The van der Waals surface area contributed by atoms with Gasteiger partial charge in [-0.15, -0.1) is 11.3 Å². The van der Waals surface area contributed by atoms with Crippen LogP contribution in [0, 0.1) is 5.92 Å². The van der Waals surface area contributed by atoms with E-state index in [4.69, 9.17) is 4.98 Å². The fourth-order valence-corrected chi connectivity index (χ4v) is 5.81. The fraction of sp³-hybridized carbons (Fsp3) is 0.619. The van der Waals surface area contributed by atoms with Crippen LogP contribution in [0.3, 0.4) is 0 Å². The monoisotopic (exact) mass is 368 g/mol. The lowest BCUT2D eigenvalue weighted by Gasteiger charge is -2.25. The van der Waals surface area contributed by atoms with Gasteiger partial charge in [0.2, 0.25) is 0 Å². The highest BCUT2D eigenvalue weighted by Crippen LogP contribution is 2.37. The molecule has 2 aliphatic rings. The molecule has 0 unspecified atom stereocenters. The van der Waals surface area contributed by atoms with Crippen LogP contribution in [0.1, 0.15) is 63.1 Å². The van der Waals surface area contributed by atoms with E-state index in [1.165, 1.54) is 80.5 Å². The van der Waals surface area contributed by atoms with Gasteiger partial charge in [0, 0.05) is 12.5 Å². The highest BCUT2D eigenvalue weighted by Gasteiger charge is 2.24. The second-order valence-corrected chi connectivity index (χ2v) is 8.98. The van der Waals surface area contributed by atoms with Crippen LogP contribution >= 0.6 is 11.3 Å². The van der Waals surface area contributed by atoms with Crippen molar-refractivity contribution in [3.8, 4) is 0 Å². The fourth-order valence-electron chi connectivity index (χ4n) is 4.91. The van der Waals surface area contributed by atoms with Crippen LogP contribution in [-0.4, -0.2) is 27.6 Å². The number of imidazole rings is 1. The summed E-state index contributed by atoms with van der Waals surface area (Å²) in [6, 6.07) is 2.14. The van der Waals surface area contributed by atoms with E-state index in [-0.39, 0.29) is 0 Å². The molecule has 3 aromatic heterocycles. The average molecular weight is 369 g/mol. The summed E-state index contributed by atoms with van der Waals surface area (Å²) in [5.41, 5.74) is 3.58. The molecule has 26 heavy (non-hydrogen) atoms. The molecule has 138 valence electrons. The summed E-state index contributed by atoms with van der Waals surface area (Å²) >= 11 is 1.82. The van der Waals surface area contributed by atoms with Gasteiger partial charge >= 0.3 is 0 Å². The van der Waals surface area contributed by atoms with Gasteiger partial charge in [0.1, 0.15) is 11.3 Å². The lowest BCUT2D eigenvalue weighted by atomic mass is 9.88. The molecule has 2 fully saturated rings. The molecule has 1 aliphatic heterocycles. The normalized spacial score (nSPS) is 20.3. The Kier molecular flexibility index (Phi) is 4.67. The Hall–Kier alpha value is -1.46. The molecule has 0 radical (unpaired) electrons. The molecular weight excluding hydrogens is 340 g/mol. The van der Waals surface area contributed by atoms with Crippen molar-refractivity contribution in [1.29, 1.82) is 0 Å². The van der Waals surface area contributed by atoms with Crippen LogP contribution < -0.4 is 5.32 Å². The van der Waals surface area contributed by atoms with Gasteiger partial charge in [-0.1, -0.05) is 19.3 Å². The van der Waals surface area contributed by atoms with Crippen LogP contribution in [0.15, 0.2) is 17.6 Å². The van der Waals surface area contributed by atoms with Crippen molar-refractivity contribution in [2.24, 2.45) is 5.92 Å². The number of hydrogen-bond acceptors (Lipinski definition) is 4. The topological polar surface area (TPSA) is 42.7 Å². The molecule has 1 N–H and O–H groups in total. The maximum absolute atomic E-state index is 5.12. The third kappa shape index (κ3) is 3.05. The van der Waals surface area contributed by atoms with Crippen molar-refractivity contribution < 1.29 is 0 Å². The Morgan fingerprint density at radius 2 is 1.92 bits per heavy atom. The number of rotatable bonds is 4. The molecule has 1 saturated heterocycles. The number of nitrogens with zero attached hydrogens (tertiary/aromatic N) is 3. The molecule has 1 saturated carbocycles. The van der Waals surface area contributed by atoms with Crippen LogP contribution in [0.5, 0.6) is 0 Å². The Labute approximate surface area is 159 Å². The molecule has 4 nitrogen and oxygen atoms in total. The first-order chi connectivity index (χ1) is 12.9. The van der Waals surface area contributed by atoms with Crippen molar-refractivity contribution in [1.82, 2.24) is 19.9 Å². The number of pyridine rings is 1. The van der Waals surface area contributed by atoms with Crippen LogP contribution in [0.2, 0.25) is 0 Å². The summed E-state index contributed by atoms with van der Waals surface area (Å²) in [4.78, 5) is 9.77. The highest BCUT2D eigenvalue weighted by molar-refractivity contribution is 7.18. The van der Waals surface area contributed by atoms with E-state index in [1.54, 1.807) is 0 Å². The van der Waals surface area contributed by atoms with E-state index in [0.29, 0.717) is 5.92 Å². The van der Waals surface area contributed by atoms with E-state index in [0.717, 1.165) is 23.5 Å². The number of fused-ring (bicyclic) bond motifs is 3. The van der Waals surface area contributed by atoms with Gasteiger partial charge in [-0.05, 0) is 62.6 Å². The van der Waals surface area contributed by atoms with Crippen molar-refractivity contribution in [2.75, 3.05) is 13.1 Å². The minimum Gasteiger partial charge on any atom is -0.326 e. The quantitative estimate of drug-likeness (QED) is 0.698. The standard InChI is InChI=1S/C21H28N4S/c1-2-4-16(5-3-1)21-24-18-14-23-17-9-13-26-20(17)19(18)25(21)12-8-15-6-10-22-11-7-15/h9,13-16,22H,1-8,10-12H2. The number of thiophene rings is 1. The molecule has 3 aromatic rings. The van der Waals surface area contributed by atoms with Crippen LogP contribution in [-0.2, 0) is 6.54 Å². The van der Waals surface area contributed by atoms with Gasteiger partial charge in [0.15, 0.2) is 0 Å². The van der Waals surface area contributed by atoms with Gasteiger partial charge in [-0.2, -0.15) is 0 Å². The molecule has 0 aromatic carbocycles. The van der Waals surface area contributed by atoms with Gasteiger partial charge < -0.3 is 9.88 Å². The Balaban J connectivity index is 1.55. The van der Waals surface area contributed by atoms with Gasteiger partial charge in [-0.25, -0.2) is 4.98 Å². The molecule has 0 bridgehead atoms. The number of piperidine rings is 1. The molecule has 4 heterocycles. The van der Waals surface area contributed by atoms with Crippen LogP contribution in [0.4, 0.5) is 0 Å². The number of nitrogens with one attached hydrogen (secondary N) is 1. The van der Waals surface area contributed by atoms with Crippen molar-refractivity contribution in [2.45, 2.75) is 63.8 Å². The predicted molar refractivity (Wildman–Crippen MR) is 109 cm³/mol. The molecular formula is C21H28N4S. The smallest absolute Gasteiger partial charge is 0.113 e. The van der Waals surface area contributed by atoms with Gasteiger partial charge in [0.25, 0.3) is 0 Å². The Morgan fingerprint density at radius 3 is 2.77 bits per heavy atom. The first-order valence-electron chi connectivity index (χ1n) is 10.3. The first kappa shape index (κ1) is 16.7. The SMILES string of the molecule is c1cc2ncc3nc(C4CCCCC4)n(CCC4CCNCC4)c3c2s1. The lowest BCUT2D eigenvalue weighted by molar-refractivity contribution is 0.333. The predicted octanol–water partition coefficient (Wildman–Crippen LogP) is 5.08. The Bertz CT molecular complexity index is 884. The first-order valence-corrected chi connectivity index (χ1v) is 11.2. The summed E-state index contributed by atoms with van der Waals surface area (Å²) in [5, 5.41) is 5.66. The Morgan fingerprint density at radius 1 is 1.08 bits per heavy atom. The number of aryl methyl sites for hydroxylation is 1. The second-order valence-electron chi connectivity index (χ2n) is 8.07. The maximum Gasteiger partial charge on any atom is 0.113 e. The summed E-state index contributed by atoms with van der Waals surface area (Å²) in [6.07, 6.45) is 12.6. The van der Waals surface area contributed by atoms with Crippen molar-refractivity contribution in [3.05, 3.63) is 23.5 Å². The summed E-state index contributed by atoms with van der Waals surface area (Å²) in [7, 11) is 0. The molecule has 1 aliphatic carbocycles. The number of aromatic nitrogens is 3. The molecule has 5 heteroatoms. The maximum atomic E-state index is 5.12. The summed E-state index contributed by atoms with van der Waals surface area (Å²) < 4.78 is 3.91. The third-order valence-electron chi connectivity index (χ3n) is 6.40. The minimum absolute atomic E-state index is 0.638. The summed E-state index contributed by atoms with van der Waals surface area (Å²) in [6.45, 7) is 3.48. The zero-order chi connectivity index (χ0) is 17.3. The largest absolute Gasteiger partial charge is 0.326 e. The lowest BCUT2D eigenvalue weighted by Crippen LogP contribution is -2.28. The highest BCUT2D eigenvalue weighted by atomic mass is 32.1. The van der Waals surface area contributed by atoms with E-state index in [2.05, 4.69) is 26.3 Å². The van der Waals surface area contributed by atoms with E-state index in [9.17, 15) is 0 Å². The van der Waals surface area contributed by atoms with Gasteiger partial charge in [-0.3, -0.25) is 4.98 Å². The van der Waals surface area contributed by atoms with E-state index < -0.39 is 0 Å². The van der Waals surface area contributed by atoms with Gasteiger partial charge in [0.05, 0.1) is 21.9 Å². The molecule has 5 rings (SSSR count). The van der Waals surface area contributed by atoms with E-state index >= 15 is 0 Å². The minimum atomic E-state index is 0.638. The zero-order valence-electron chi connectivity index (χ0n) is 15.4. The molecule has 0 spiro atoms. The third-order valence-corrected chi connectivity index (χ3v) is 7.31. The average Bonchev–Trinajstić information content (AvgIpc) is 3.32. The number of hydrogen-bond donors (Lipinski definition) is 1. The van der Waals surface area contributed by atoms with Crippen molar-refractivity contribution in [3.63, 3.8) is 0 Å². The van der Waals surface area contributed by atoms with Crippen molar-refractivity contribution >= 4 is 32.6 Å².